The van der Waals surface area contributed by atoms with Gasteiger partial charge in [-0.2, -0.15) is 0 Å². The lowest BCUT2D eigenvalue weighted by Crippen LogP contribution is -2.12. The molecule has 26 heavy (non-hydrogen) atoms. The molecule has 134 valence electrons. The average Bonchev–Trinajstić information content (AvgIpc) is 3.08. The number of nitrogens with one attached hydrogen (secondary N) is 1. The molecule has 0 spiro atoms. The van der Waals surface area contributed by atoms with Crippen LogP contribution < -0.4 is 10.1 Å². The Balaban J connectivity index is 1.73. The fourth-order valence-electron chi connectivity index (χ4n) is 2.67. The van der Waals surface area contributed by atoms with Gasteiger partial charge in [0.05, 0.1) is 11.8 Å². The van der Waals surface area contributed by atoms with Crippen LogP contribution in [0.3, 0.4) is 0 Å². The van der Waals surface area contributed by atoms with Crippen LogP contribution in [0.5, 0.6) is 5.75 Å². The molecule has 0 aliphatic rings. The molecule has 0 aliphatic carbocycles. The van der Waals surface area contributed by atoms with Crippen LogP contribution in [0.1, 0.15) is 34.2 Å². The van der Waals surface area contributed by atoms with E-state index in [0.717, 1.165) is 23.3 Å². The Kier molecular flexibility index (Phi) is 5.64. The lowest BCUT2D eigenvalue weighted by molar-refractivity contribution is 0.102. The van der Waals surface area contributed by atoms with Crippen molar-refractivity contribution in [3.8, 4) is 5.75 Å². The molecule has 2 aromatic carbocycles. The number of carbonyl (C=O) groups is 1. The van der Waals surface area contributed by atoms with E-state index in [2.05, 4.69) is 12.2 Å². The van der Waals surface area contributed by atoms with Crippen LogP contribution in [0.15, 0.2) is 59.2 Å². The van der Waals surface area contributed by atoms with Gasteiger partial charge in [0.2, 0.25) is 0 Å². The summed E-state index contributed by atoms with van der Waals surface area (Å²) < 4.78 is 11.1. The van der Waals surface area contributed by atoms with E-state index in [0.29, 0.717) is 28.6 Å². The molecule has 1 aromatic heterocycles. The van der Waals surface area contributed by atoms with E-state index in [1.807, 2.05) is 30.3 Å². The highest BCUT2D eigenvalue weighted by molar-refractivity contribution is 6.31. The van der Waals surface area contributed by atoms with Gasteiger partial charge >= 0.3 is 0 Å². The van der Waals surface area contributed by atoms with Crippen molar-refractivity contribution < 1.29 is 13.9 Å². The van der Waals surface area contributed by atoms with E-state index in [1.54, 1.807) is 25.1 Å². The number of rotatable bonds is 6. The second-order valence-electron chi connectivity index (χ2n) is 5.90. The van der Waals surface area contributed by atoms with Crippen LogP contribution in [0.4, 0.5) is 5.69 Å². The lowest BCUT2D eigenvalue weighted by atomic mass is 10.1. The largest absolute Gasteiger partial charge is 0.489 e. The van der Waals surface area contributed by atoms with Crippen molar-refractivity contribution in [3.63, 3.8) is 0 Å². The molecule has 4 nitrogen and oxygen atoms in total. The molecular formula is C21H20ClNO3. The van der Waals surface area contributed by atoms with E-state index in [9.17, 15) is 4.79 Å². The van der Waals surface area contributed by atoms with Crippen molar-refractivity contribution in [1.29, 1.82) is 0 Å². The first kappa shape index (κ1) is 18.1. The second kappa shape index (κ2) is 8.11. The maximum absolute atomic E-state index is 12.3. The number of furan rings is 1. The van der Waals surface area contributed by atoms with E-state index in [1.165, 1.54) is 6.26 Å². The smallest absolute Gasteiger partial charge is 0.259 e. The number of aryl methyl sites for hydroxylation is 2. The van der Waals surface area contributed by atoms with E-state index < -0.39 is 0 Å². The number of halogens is 1. The first-order valence-electron chi connectivity index (χ1n) is 8.43. The van der Waals surface area contributed by atoms with Crippen molar-refractivity contribution >= 4 is 23.2 Å². The average molecular weight is 370 g/mol. The number of hydrogen-bond donors (Lipinski definition) is 1. The van der Waals surface area contributed by atoms with Crippen LogP contribution in [-0.2, 0) is 13.0 Å². The summed E-state index contributed by atoms with van der Waals surface area (Å²) in [7, 11) is 0. The molecule has 0 aliphatic heterocycles. The SMILES string of the molecule is CCc1ccccc1OCc1cc(NC(=O)c2ccoc2C)ccc1Cl. The van der Waals surface area contributed by atoms with E-state index in [-0.39, 0.29) is 5.91 Å². The van der Waals surface area contributed by atoms with Gasteiger partial charge in [-0.25, -0.2) is 0 Å². The van der Waals surface area contributed by atoms with Gasteiger partial charge in [-0.05, 0) is 49.2 Å². The zero-order valence-corrected chi connectivity index (χ0v) is 15.5. The van der Waals surface area contributed by atoms with Crippen LogP contribution in [0, 0.1) is 6.92 Å². The Morgan fingerprint density at radius 3 is 2.69 bits per heavy atom. The summed E-state index contributed by atoms with van der Waals surface area (Å²) in [5.41, 5.74) is 3.11. The van der Waals surface area contributed by atoms with Gasteiger partial charge < -0.3 is 14.5 Å². The van der Waals surface area contributed by atoms with Gasteiger partial charge in [0.15, 0.2) is 0 Å². The third-order valence-electron chi connectivity index (χ3n) is 4.14. The number of ether oxygens (including phenoxy) is 1. The highest BCUT2D eigenvalue weighted by Gasteiger charge is 2.13. The predicted molar refractivity (Wildman–Crippen MR) is 103 cm³/mol. The molecule has 1 amide bonds. The van der Waals surface area contributed by atoms with Crippen molar-refractivity contribution in [2.75, 3.05) is 5.32 Å². The van der Waals surface area contributed by atoms with Crippen molar-refractivity contribution in [2.24, 2.45) is 0 Å². The normalized spacial score (nSPS) is 10.6. The fraction of sp³-hybridized carbons (Fsp3) is 0.190. The number of benzene rings is 2. The van der Waals surface area contributed by atoms with Crippen LogP contribution in [-0.4, -0.2) is 5.91 Å². The first-order chi connectivity index (χ1) is 12.6. The molecule has 0 fully saturated rings. The van der Waals surface area contributed by atoms with Crippen LogP contribution in [0.2, 0.25) is 5.02 Å². The summed E-state index contributed by atoms with van der Waals surface area (Å²) >= 11 is 6.29. The topological polar surface area (TPSA) is 51.5 Å². The second-order valence-corrected chi connectivity index (χ2v) is 6.31. The van der Waals surface area contributed by atoms with Gasteiger partial charge in [-0.1, -0.05) is 36.7 Å². The minimum Gasteiger partial charge on any atom is -0.489 e. The number of hydrogen-bond acceptors (Lipinski definition) is 3. The Hall–Kier alpha value is -2.72. The van der Waals surface area contributed by atoms with Gasteiger partial charge in [0, 0.05) is 16.3 Å². The first-order valence-corrected chi connectivity index (χ1v) is 8.81. The Morgan fingerprint density at radius 2 is 1.96 bits per heavy atom. The third kappa shape index (κ3) is 4.09. The molecule has 5 heteroatoms. The summed E-state index contributed by atoms with van der Waals surface area (Å²) in [5, 5.41) is 3.45. The van der Waals surface area contributed by atoms with Gasteiger partial charge in [-0.15, -0.1) is 0 Å². The molecular weight excluding hydrogens is 350 g/mol. The molecule has 0 bridgehead atoms. The van der Waals surface area contributed by atoms with Crippen molar-refractivity contribution in [2.45, 2.75) is 26.9 Å². The van der Waals surface area contributed by atoms with E-state index in [4.69, 9.17) is 20.8 Å². The van der Waals surface area contributed by atoms with Crippen LogP contribution in [0.25, 0.3) is 0 Å². The number of amides is 1. The Morgan fingerprint density at radius 1 is 1.15 bits per heavy atom. The zero-order valence-electron chi connectivity index (χ0n) is 14.7. The number of anilines is 1. The minimum atomic E-state index is -0.221. The molecule has 0 saturated heterocycles. The minimum absolute atomic E-state index is 0.221. The van der Waals surface area contributed by atoms with Crippen LogP contribution >= 0.6 is 11.6 Å². The summed E-state index contributed by atoms with van der Waals surface area (Å²) in [4.78, 5) is 12.3. The number of para-hydroxylation sites is 1. The zero-order chi connectivity index (χ0) is 18.5. The third-order valence-corrected chi connectivity index (χ3v) is 4.51. The number of carbonyl (C=O) groups excluding carboxylic acids is 1. The van der Waals surface area contributed by atoms with Crippen molar-refractivity contribution in [1.82, 2.24) is 0 Å². The highest BCUT2D eigenvalue weighted by atomic mass is 35.5. The summed E-state index contributed by atoms with van der Waals surface area (Å²) in [5.74, 6) is 1.20. The van der Waals surface area contributed by atoms with Crippen molar-refractivity contribution in [3.05, 3.63) is 82.3 Å². The summed E-state index contributed by atoms with van der Waals surface area (Å²) in [6.07, 6.45) is 2.39. The molecule has 3 rings (SSSR count). The molecule has 0 saturated carbocycles. The molecule has 3 aromatic rings. The molecule has 0 unspecified atom stereocenters. The maximum Gasteiger partial charge on any atom is 0.259 e. The predicted octanol–water partition coefficient (Wildman–Crippen LogP) is 5.64. The Bertz CT molecular complexity index is 917. The monoisotopic (exact) mass is 369 g/mol. The molecule has 0 atom stereocenters. The summed E-state index contributed by atoms with van der Waals surface area (Å²) in [6, 6.07) is 14.9. The van der Waals surface area contributed by atoms with E-state index >= 15 is 0 Å². The van der Waals surface area contributed by atoms with Gasteiger partial charge in [0.1, 0.15) is 18.1 Å². The maximum atomic E-state index is 12.3. The summed E-state index contributed by atoms with van der Waals surface area (Å²) in [6.45, 7) is 4.16. The molecule has 1 N–H and O–H groups in total. The molecule has 1 heterocycles. The highest BCUT2D eigenvalue weighted by Crippen LogP contribution is 2.25. The quantitative estimate of drug-likeness (QED) is 0.612. The Labute approximate surface area is 157 Å². The lowest BCUT2D eigenvalue weighted by Gasteiger charge is -2.13. The van der Waals surface area contributed by atoms with Gasteiger partial charge in [-0.3, -0.25) is 4.79 Å². The standard InChI is InChI=1S/C21H20ClNO3/c1-3-15-6-4-5-7-20(15)26-13-16-12-17(8-9-19(16)22)23-21(24)18-10-11-25-14(18)2/h4-12H,3,13H2,1-2H3,(H,23,24). The van der Waals surface area contributed by atoms with Gasteiger partial charge in [0.25, 0.3) is 5.91 Å². The fourth-order valence-corrected chi connectivity index (χ4v) is 2.85. The molecule has 0 radical (unpaired) electrons.